The Morgan fingerprint density at radius 1 is 1.00 bits per heavy atom. The summed E-state index contributed by atoms with van der Waals surface area (Å²) in [6.07, 6.45) is 0.364. The molecule has 3 N–H and O–H groups in total. The number of fused-ring (bicyclic) bond motifs is 2. The molecule has 0 radical (unpaired) electrons. The van der Waals surface area contributed by atoms with Crippen LogP contribution in [0.3, 0.4) is 0 Å². The van der Waals surface area contributed by atoms with Crippen molar-refractivity contribution in [3.63, 3.8) is 0 Å². The van der Waals surface area contributed by atoms with Crippen LogP contribution in [0.2, 0.25) is 0 Å². The molecule has 3 aromatic rings. The molecule has 0 bridgehead atoms. The average Bonchev–Trinajstić information content (AvgIpc) is 3.28. The summed E-state index contributed by atoms with van der Waals surface area (Å²) in [6, 6.07) is 16.6. The fourth-order valence-corrected chi connectivity index (χ4v) is 4.70. The van der Waals surface area contributed by atoms with Crippen LogP contribution in [-0.2, 0) is 4.79 Å². The largest absolute Gasteiger partial charge is 0.339 e. The van der Waals surface area contributed by atoms with Crippen molar-refractivity contribution < 1.29 is 4.79 Å². The SMILES string of the molecule is O=C1CC(c2cccc3nsnc23)C2C(NNC2c2ccccc2)N1. The van der Waals surface area contributed by atoms with Crippen molar-refractivity contribution in [2.45, 2.75) is 24.5 Å². The van der Waals surface area contributed by atoms with Gasteiger partial charge in [0.05, 0.1) is 23.9 Å². The summed E-state index contributed by atoms with van der Waals surface area (Å²) in [5, 5.41) is 3.07. The summed E-state index contributed by atoms with van der Waals surface area (Å²) < 4.78 is 8.84. The van der Waals surface area contributed by atoms with Gasteiger partial charge in [-0.2, -0.15) is 8.75 Å². The van der Waals surface area contributed by atoms with Crippen molar-refractivity contribution in [3.8, 4) is 0 Å². The molecule has 7 heteroatoms. The van der Waals surface area contributed by atoms with E-state index >= 15 is 0 Å². The summed E-state index contributed by atoms with van der Waals surface area (Å²) in [5.74, 6) is 0.348. The lowest BCUT2D eigenvalue weighted by Gasteiger charge is -2.36. The first-order valence-corrected chi connectivity index (χ1v) is 9.11. The number of carbonyl (C=O) groups excluding carboxylic acids is 1. The molecule has 0 saturated carbocycles. The monoisotopic (exact) mass is 351 g/mol. The van der Waals surface area contributed by atoms with E-state index in [4.69, 9.17) is 0 Å². The zero-order valence-corrected chi connectivity index (χ0v) is 14.2. The van der Waals surface area contributed by atoms with Crippen molar-refractivity contribution in [3.05, 3.63) is 59.7 Å². The fourth-order valence-electron chi connectivity index (χ4n) is 4.14. The van der Waals surface area contributed by atoms with Crippen LogP contribution in [0.25, 0.3) is 11.0 Å². The lowest BCUT2D eigenvalue weighted by molar-refractivity contribution is -0.125. The molecule has 2 aromatic carbocycles. The van der Waals surface area contributed by atoms with Gasteiger partial charge in [0.25, 0.3) is 0 Å². The van der Waals surface area contributed by atoms with Gasteiger partial charge in [-0.1, -0.05) is 42.5 Å². The van der Waals surface area contributed by atoms with E-state index in [1.165, 1.54) is 17.3 Å². The van der Waals surface area contributed by atoms with Crippen LogP contribution in [-0.4, -0.2) is 20.8 Å². The van der Waals surface area contributed by atoms with E-state index in [-0.39, 0.29) is 30.0 Å². The van der Waals surface area contributed by atoms with Gasteiger partial charge in [-0.15, -0.1) is 0 Å². The Labute approximate surface area is 148 Å². The summed E-state index contributed by atoms with van der Waals surface area (Å²) in [6.45, 7) is 0. The van der Waals surface area contributed by atoms with Crippen molar-refractivity contribution in [2.24, 2.45) is 5.92 Å². The highest BCUT2D eigenvalue weighted by molar-refractivity contribution is 7.00. The standard InChI is InChI=1S/C18H17N5OS/c24-14-9-12(11-7-4-8-13-17(11)23-25-22-13)15-16(20-21-18(15)19-14)10-5-2-1-3-6-10/h1-8,12,15-16,18,20-21H,9H2,(H,19,24). The number of hydrogen-bond acceptors (Lipinski definition) is 6. The maximum absolute atomic E-state index is 12.3. The molecule has 0 spiro atoms. The highest BCUT2D eigenvalue weighted by Crippen LogP contribution is 2.44. The van der Waals surface area contributed by atoms with Gasteiger partial charge in [-0.25, -0.2) is 10.9 Å². The second-order valence-corrected chi connectivity index (χ2v) is 7.12. The Morgan fingerprint density at radius 2 is 1.88 bits per heavy atom. The van der Waals surface area contributed by atoms with E-state index in [1.54, 1.807) is 0 Å². The molecule has 2 aliphatic rings. The maximum Gasteiger partial charge on any atom is 0.221 e. The third-order valence-electron chi connectivity index (χ3n) is 5.23. The zero-order valence-electron chi connectivity index (χ0n) is 13.3. The molecular formula is C18H17N5OS. The number of rotatable bonds is 2. The average molecular weight is 351 g/mol. The van der Waals surface area contributed by atoms with Crippen LogP contribution < -0.4 is 16.2 Å². The van der Waals surface area contributed by atoms with E-state index < -0.39 is 0 Å². The normalized spacial score (nSPS) is 28.7. The number of aromatic nitrogens is 2. The summed E-state index contributed by atoms with van der Waals surface area (Å²) in [5.41, 5.74) is 10.8. The second-order valence-electron chi connectivity index (χ2n) is 6.59. The third-order valence-corrected chi connectivity index (χ3v) is 5.77. The van der Waals surface area contributed by atoms with Crippen molar-refractivity contribution in [2.75, 3.05) is 0 Å². The quantitative estimate of drug-likeness (QED) is 0.659. The van der Waals surface area contributed by atoms with Crippen molar-refractivity contribution >= 4 is 28.7 Å². The lowest BCUT2D eigenvalue weighted by atomic mass is 9.74. The summed E-state index contributed by atoms with van der Waals surface area (Å²) >= 11 is 1.22. The number of hydrazine groups is 1. The van der Waals surface area contributed by atoms with Gasteiger partial charge in [0.2, 0.25) is 5.91 Å². The molecule has 3 heterocycles. The number of hydrogen-bond donors (Lipinski definition) is 3. The number of amides is 1. The van der Waals surface area contributed by atoms with Crippen LogP contribution in [0.5, 0.6) is 0 Å². The number of piperidine rings is 1. The molecule has 5 rings (SSSR count). The highest BCUT2D eigenvalue weighted by atomic mass is 32.1. The Morgan fingerprint density at radius 3 is 2.76 bits per heavy atom. The molecule has 4 unspecified atom stereocenters. The Balaban J connectivity index is 1.61. The third kappa shape index (κ3) is 2.43. The van der Waals surface area contributed by atoms with Crippen LogP contribution in [0.15, 0.2) is 48.5 Å². The minimum Gasteiger partial charge on any atom is -0.339 e. The summed E-state index contributed by atoms with van der Waals surface area (Å²) in [4.78, 5) is 12.3. The van der Waals surface area contributed by atoms with Crippen LogP contribution >= 0.6 is 11.7 Å². The Bertz CT molecular complexity index is 927. The van der Waals surface area contributed by atoms with Crippen LogP contribution in [0.4, 0.5) is 0 Å². The first-order valence-electron chi connectivity index (χ1n) is 8.38. The van der Waals surface area contributed by atoms with Crippen LogP contribution in [0.1, 0.15) is 29.5 Å². The van der Waals surface area contributed by atoms with E-state index in [9.17, 15) is 4.79 Å². The molecule has 1 aromatic heterocycles. The number of nitrogens with zero attached hydrogens (tertiary/aromatic N) is 2. The van der Waals surface area contributed by atoms with Crippen molar-refractivity contribution in [1.82, 2.24) is 24.9 Å². The smallest absolute Gasteiger partial charge is 0.221 e. The summed E-state index contributed by atoms with van der Waals surface area (Å²) in [7, 11) is 0. The van der Waals surface area contributed by atoms with E-state index in [0.717, 1.165) is 16.6 Å². The first kappa shape index (κ1) is 14.9. The topological polar surface area (TPSA) is 78.9 Å². The van der Waals surface area contributed by atoms with Gasteiger partial charge in [0.1, 0.15) is 11.0 Å². The van der Waals surface area contributed by atoms with E-state index in [1.807, 2.05) is 30.3 Å². The molecule has 1 amide bonds. The van der Waals surface area contributed by atoms with Gasteiger partial charge in [-0.05, 0) is 17.2 Å². The molecule has 25 heavy (non-hydrogen) atoms. The lowest BCUT2D eigenvalue weighted by Crippen LogP contribution is -2.52. The van der Waals surface area contributed by atoms with Gasteiger partial charge < -0.3 is 5.32 Å². The van der Waals surface area contributed by atoms with Gasteiger partial charge in [-0.3, -0.25) is 4.79 Å². The van der Waals surface area contributed by atoms with Gasteiger partial charge in [0, 0.05) is 18.3 Å². The van der Waals surface area contributed by atoms with Crippen LogP contribution in [0, 0.1) is 5.92 Å². The highest BCUT2D eigenvalue weighted by Gasteiger charge is 2.47. The molecule has 2 aliphatic heterocycles. The van der Waals surface area contributed by atoms with E-state index in [0.29, 0.717) is 6.42 Å². The predicted molar refractivity (Wildman–Crippen MR) is 95.6 cm³/mol. The maximum atomic E-state index is 12.3. The molecule has 0 aliphatic carbocycles. The Hall–Kier alpha value is -2.35. The minimum atomic E-state index is -0.0988. The zero-order chi connectivity index (χ0) is 16.8. The molecule has 4 atom stereocenters. The Kier molecular flexibility index (Phi) is 3.51. The molecule has 126 valence electrons. The van der Waals surface area contributed by atoms with E-state index in [2.05, 4.69) is 43.1 Å². The fraction of sp³-hybridized carbons (Fsp3) is 0.278. The predicted octanol–water partition coefficient (Wildman–Crippen LogP) is 2.09. The molecule has 6 nitrogen and oxygen atoms in total. The number of benzene rings is 2. The minimum absolute atomic E-state index is 0.0643. The molecule has 2 saturated heterocycles. The molecular weight excluding hydrogens is 334 g/mol. The van der Waals surface area contributed by atoms with Gasteiger partial charge >= 0.3 is 0 Å². The van der Waals surface area contributed by atoms with Crippen molar-refractivity contribution in [1.29, 1.82) is 0 Å². The second kappa shape index (κ2) is 5.87. The first-order chi connectivity index (χ1) is 12.3. The number of nitrogens with one attached hydrogen (secondary N) is 3. The number of carbonyl (C=O) groups is 1. The van der Waals surface area contributed by atoms with Gasteiger partial charge in [0.15, 0.2) is 0 Å². The molecule has 2 fully saturated rings.